The molecule has 0 amide bonds. The molecule has 0 radical (unpaired) electrons. The zero-order valence-electron chi connectivity index (χ0n) is 18.3. The van der Waals surface area contributed by atoms with E-state index in [1.54, 1.807) is 6.92 Å². The van der Waals surface area contributed by atoms with E-state index in [4.69, 9.17) is 9.99 Å². The van der Waals surface area contributed by atoms with Gasteiger partial charge in [0.15, 0.2) is 0 Å². The molecule has 0 spiro atoms. The van der Waals surface area contributed by atoms with Crippen molar-refractivity contribution in [2.45, 2.75) is 52.0 Å². The number of rotatable bonds is 9. The van der Waals surface area contributed by atoms with Gasteiger partial charge in [0.1, 0.15) is 6.61 Å². The third-order valence-corrected chi connectivity index (χ3v) is 5.21. The van der Waals surface area contributed by atoms with Crippen molar-refractivity contribution in [2.24, 2.45) is 0 Å². The van der Waals surface area contributed by atoms with Crippen LogP contribution in [0.5, 0.6) is 5.88 Å². The number of hydrogen-bond acceptors (Lipinski definition) is 8. The van der Waals surface area contributed by atoms with E-state index in [9.17, 15) is 0 Å². The number of ether oxygens (including phenoxy) is 1. The van der Waals surface area contributed by atoms with E-state index in [1.165, 1.54) is 64.1 Å². The van der Waals surface area contributed by atoms with Crippen LogP contribution >= 0.6 is 0 Å². The molecule has 1 N–H and O–H groups in total. The van der Waals surface area contributed by atoms with Crippen LogP contribution in [-0.2, 0) is 27.9 Å². The molecule has 1 aromatic heterocycles. The summed E-state index contributed by atoms with van der Waals surface area (Å²) >= 11 is 0. The molecule has 2 aliphatic rings. The summed E-state index contributed by atoms with van der Waals surface area (Å²) in [5.74, 6) is 5.86. The molecule has 0 unspecified atom stereocenters. The van der Waals surface area contributed by atoms with Gasteiger partial charge in [-0.1, -0.05) is 5.92 Å². The maximum absolute atomic E-state index is 7.47. The van der Waals surface area contributed by atoms with Gasteiger partial charge < -0.3 is 14.5 Å². The van der Waals surface area contributed by atoms with Gasteiger partial charge in [0.2, 0.25) is 5.88 Å². The van der Waals surface area contributed by atoms with Crippen molar-refractivity contribution in [3.05, 3.63) is 11.8 Å². The zero-order chi connectivity index (χ0) is 21.4. The fourth-order valence-corrected chi connectivity index (χ4v) is 3.55. The summed E-state index contributed by atoms with van der Waals surface area (Å²) in [6.07, 6.45) is 7.33. The van der Waals surface area contributed by atoms with E-state index >= 15 is 0 Å². The highest BCUT2D eigenvalue weighted by molar-refractivity contribution is 5.16. The Kier molecular flexibility index (Phi) is 12.4. The molecule has 1 fully saturated rings. The number of unbranched alkanes of at least 4 members (excludes halogenated alkanes) is 1. The van der Waals surface area contributed by atoms with E-state index < -0.39 is 0 Å². The average molecular weight is 425 g/mol. The number of likely N-dealkylation sites (N-methyl/N-ethyl adjacent to an activating group) is 1. The first kappa shape index (κ1) is 24.6. The summed E-state index contributed by atoms with van der Waals surface area (Å²) < 4.78 is 7.95. The molecule has 3 heterocycles. The lowest BCUT2D eigenvalue weighted by molar-refractivity contribution is -0.620. The minimum Gasteiger partial charge on any atom is -0.477 e. The van der Waals surface area contributed by atoms with Gasteiger partial charge in [0.25, 0.3) is 0 Å². The SMILES string of the molecule is CC#CCOOOO.CN1CCCN(CCCCOc2cc3n(n2)CCCC3)CC1. The topological polar surface area (TPSA) is 81.5 Å². The predicted molar refractivity (Wildman–Crippen MR) is 113 cm³/mol. The van der Waals surface area contributed by atoms with Crippen LogP contribution in [0.3, 0.4) is 0 Å². The van der Waals surface area contributed by atoms with Crippen LogP contribution in [0.15, 0.2) is 6.07 Å². The second-order valence-corrected chi connectivity index (χ2v) is 7.54. The molecule has 0 bridgehead atoms. The Balaban J connectivity index is 0.000000343. The Morgan fingerprint density at radius 3 is 2.80 bits per heavy atom. The number of aryl methyl sites for hydroxylation is 2. The summed E-state index contributed by atoms with van der Waals surface area (Å²) in [5, 5.41) is 18.7. The third-order valence-electron chi connectivity index (χ3n) is 5.21. The van der Waals surface area contributed by atoms with E-state index in [0.29, 0.717) is 0 Å². The van der Waals surface area contributed by atoms with E-state index in [-0.39, 0.29) is 6.61 Å². The van der Waals surface area contributed by atoms with Crippen LogP contribution in [-0.4, -0.2) is 77.8 Å². The number of fused-ring (bicyclic) bond motifs is 1. The molecular formula is C21H36N4O5. The van der Waals surface area contributed by atoms with Gasteiger partial charge in [-0.05, 0) is 82.2 Å². The molecule has 9 nitrogen and oxygen atoms in total. The quantitative estimate of drug-likeness (QED) is 0.280. The summed E-state index contributed by atoms with van der Waals surface area (Å²) in [7, 11) is 2.22. The van der Waals surface area contributed by atoms with Crippen molar-refractivity contribution >= 4 is 0 Å². The Morgan fingerprint density at radius 2 is 2.00 bits per heavy atom. The highest BCUT2D eigenvalue weighted by atomic mass is 17.6. The normalized spacial score (nSPS) is 17.2. The molecule has 170 valence electrons. The lowest BCUT2D eigenvalue weighted by Crippen LogP contribution is -2.29. The summed E-state index contributed by atoms with van der Waals surface area (Å²) in [6.45, 7) is 9.70. The first-order valence-electron chi connectivity index (χ1n) is 10.8. The van der Waals surface area contributed by atoms with Gasteiger partial charge in [-0.15, -0.1) is 11.0 Å². The standard InChI is InChI=1S/C17H30N4O.C4H6O4/c1-19-8-6-10-20(13-12-19)9-4-5-14-22-17-15-16-7-2-3-11-21(16)18-17;1-2-3-4-6-8-7-5/h15H,2-14H2,1H3;5H,4H2,1H3. The molecule has 3 rings (SSSR count). The van der Waals surface area contributed by atoms with Crippen molar-refractivity contribution in [2.75, 3.05) is 53.0 Å². The summed E-state index contributed by atoms with van der Waals surface area (Å²) in [5.41, 5.74) is 1.34. The van der Waals surface area contributed by atoms with Gasteiger partial charge in [0.05, 0.1) is 6.61 Å². The zero-order valence-corrected chi connectivity index (χ0v) is 18.3. The largest absolute Gasteiger partial charge is 0.477 e. The van der Waals surface area contributed by atoms with Crippen molar-refractivity contribution in [3.63, 3.8) is 0 Å². The van der Waals surface area contributed by atoms with Crippen molar-refractivity contribution in [1.82, 2.24) is 19.6 Å². The van der Waals surface area contributed by atoms with Gasteiger partial charge in [-0.25, -0.2) is 5.26 Å². The summed E-state index contributed by atoms with van der Waals surface area (Å²) in [4.78, 5) is 9.11. The average Bonchev–Trinajstić information content (AvgIpc) is 3.06. The van der Waals surface area contributed by atoms with Crippen LogP contribution in [0.4, 0.5) is 0 Å². The number of hydrogen-bond donors (Lipinski definition) is 1. The van der Waals surface area contributed by atoms with Crippen molar-refractivity contribution in [1.29, 1.82) is 0 Å². The highest BCUT2D eigenvalue weighted by Gasteiger charge is 2.13. The second-order valence-electron chi connectivity index (χ2n) is 7.54. The minimum atomic E-state index is 0.0804. The predicted octanol–water partition coefficient (Wildman–Crippen LogP) is 2.38. The van der Waals surface area contributed by atoms with Crippen LogP contribution < -0.4 is 4.74 Å². The lowest BCUT2D eigenvalue weighted by atomic mass is 10.1. The second kappa shape index (κ2) is 15.2. The van der Waals surface area contributed by atoms with Crippen LogP contribution in [0.2, 0.25) is 0 Å². The van der Waals surface area contributed by atoms with E-state index in [2.05, 4.69) is 59.5 Å². The van der Waals surface area contributed by atoms with Gasteiger partial charge >= 0.3 is 0 Å². The van der Waals surface area contributed by atoms with Crippen molar-refractivity contribution in [3.8, 4) is 17.7 Å². The fourth-order valence-electron chi connectivity index (χ4n) is 3.55. The van der Waals surface area contributed by atoms with Crippen LogP contribution in [0.25, 0.3) is 0 Å². The number of nitrogens with zero attached hydrogens (tertiary/aromatic N) is 4. The maximum atomic E-state index is 7.47. The smallest absolute Gasteiger partial charge is 0.232 e. The molecule has 2 aliphatic heterocycles. The van der Waals surface area contributed by atoms with Crippen molar-refractivity contribution < 1.29 is 25.0 Å². The molecule has 9 heteroatoms. The minimum absolute atomic E-state index is 0.0804. The molecule has 1 aromatic rings. The number of aromatic nitrogens is 2. The highest BCUT2D eigenvalue weighted by Crippen LogP contribution is 2.19. The Morgan fingerprint density at radius 1 is 1.10 bits per heavy atom. The van der Waals surface area contributed by atoms with Gasteiger partial charge in [0, 0.05) is 31.4 Å². The Bertz CT molecular complexity index is 620. The molecule has 1 saturated heterocycles. The monoisotopic (exact) mass is 424 g/mol. The third kappa shape index (κ3) is 9.89. The van der Waals surface area contributed by atoms with Gasteiger partial charge in [-0.2, -0.15) is 4.89 Å². The fraction of sp³-hybridized carbons (Fsp3) is 0.762. The maximum Gasteiger partial charge on any atom is 0.232 e. The van der Waals surface area contributed by atoms with E-state index in [0.717, 1.165) is 31.9 Å². The van der Waals surface area contributed by atoms with Crippen LogP contribution in [0, 0.1) is 11.8 Å². The molecule has 0 atom stereocenters. The van der Waals surface area contributed by atoms with Gasteiger partial charge in [-0.3, -0.25) is 4.68 Å². The van der Waals surface area contributed by atoms with Crippen LogP contribution in [0.1, 0.15) is 44.7 Å². The Labute approximate surface area is 179 Å². The summed E-state index contributed by atoms with van der Waals surface area (Å²) in [6, 6.07) is 2.13. The molecule has 0 aromatic carbocycles. The Hall–Kier alpha value is -1.67. The van der Waals surface area contributed by atoms with E-state index in [1.807, 2.05) is 0 Å². The lowest BCUT2D eigenvalue weighted by Gasteiger charge is -2.19. The first-order chi connectivity index (χ1) is 14.7. The molecular weight excluding hydrogens is 388 g/mol. The molecule has 30 heavy (non-hydrogen) atoms. The first-order valence-corrected chi connectivity index (χ1v) is 10.8. The molecule has 0 aliphatic carbocycles. The molecule has 0 saturated carbocycles.